The Kier molecular flexibility index (Phi) is 4.13. The Morgan fingerprint density at radius 2 is 2.05 bits per heavy atom. The highest BCUT2D eigenvalue weighted by atomic mass is 16.5. The number of H-pyrrole nitrogens is 1. The monoisotopic (exact) mass is 300 g/mol. The molecule has 116 valence electrons. The fraction of sp³-hybridized carbons (Fsp3) is 0.412. The molecule has 1 saturated heterocycles. The molecule has 1 aromatic carbocycles. The number of rotatable bonds is 3. The van der Waals surface area contributed by atoms with Gasteiger partial charge in [-0.1, -0.05) is 0 Å². The number of aromatic amines is 1. The number of nitrogens with one attached hydrogen (secondary N) is 1. The van der Waals surface area contributed by atoms with Crippen LogP contribution in [0.1, 0.15) is 30.1 Å². The summed E-state index contributed by atoms with van der Waals surface area (Å²) in [6.45, 7) is 3.43. The van der Waals surface area contributed by atoms with Crippen LogP contribution in [0.25, 0.3) is 10.9 Å². The number of fused-ring (bicyclic) bond motifs is 1. The van der Waals surface area contributed by atoms with Crippen molar-refractivity contribution in [3.8, 4) is 0 Å². The molecule has 1 N–H and O–H groups in total. The second kappa shape index (κ2) is 6.22. The molecule has 0 aliphatic carbocycles. The molecule has 1 amide bonds. The Balaban J connectivity index is 1.65. The predicted molar refractivity (Wildman–Crippen MR) is 83.6 cm³/mol. The highest BCUT2D eigenvalue weighted by Crippen LogP contribution is 2.22. The highest BCUT2D eigenvalue weighted by molar-refractivity contribution is 5.98. The molecule has 1 fully saturated rings. The zero-order valence-corrected chi connectivity index (χ0v) is 12.7. The van der Waals surface area contributed by atoms with E-state index in [1.54, 1.807) is 0 Å². The number of esters is 1. The van der Waals surface area contributed by atoms with Crippen LogP contribution < -0.4 is 0 Å². The summed E-state index contributed by atoms with van der Waals surface area (Å²) in [7, 11) is 0. The van der Waals surface area contributed by atoms with Crippen LogP contribution in [0.3, 0.4) is 0 Å². The number of piperidine rings is 1. The van der Waals surface area contributed by atoms with Gasteiger partial charge in [0.25, 0.3) is 5.91 Å². The van der Waals surface area contributed by atoms with Gasteiger partial charge < -0.3 is 14.6 Å². The van der Waals surface area contributed by atoms with Gasteiger partial charge in [0.1, 0.15) is 0 Å². The van der Waals surface area contributed by atoms with Crippen LogP contribution >= 0.6 is 0 Å². The van der Waals surface area contributed by atoms with Crippen molar-refractivity contribution in [1.82, 2.24) is 9.88 Å². The van der Waals surface area contributed by atoms with Crippen molar-refractivity contribution >= 4 is 22.8 Å². The van der Waals surface area contributed by atoms with Gasteiger partial charge in [0.05, 0.1) is 12.5 Å². The predicted octanol–water partition coefficient (Wildman–Crippen LogP) is 2.58. The number of aromatic nitrogens is 1. The summed E-state index contributed by atoms with van der Waals surface area (Å²) in [5, 5.41) is 1.03. The van der Waals surface area contributed by atoms with Crippen LogP contribution in [0.2, 0.25) is 0 Å². The van der Waals surface area contributed by atoms with E-state index in [1.807, 2.05) is 42.3 Å². The number of carbonyl (C=O) groups excluding carboxylic acids is 2. The van der Waals surface area contributed by atoms with Crippen LogP contribution in [0.5, 0.6) is 0 Å². The summed E-state index contributed by atoms with van der Waals surface area (Å²) < 4.78 is 5.06. The third kappa shape index (κ3) is 2.84. The average Bonchev–Trinajstić information content (AvgIpc) is 3.02. The van der Waals surface area contributed by atoms with Gasteiger partial charge in [-0.3, -0.25) is 9.59 Å². The van der Waals surface area contributed by atoms with Gasteiger partial charge in [0.15, 0.2) is 0 Å². The number of benzene rings is 1. The van der Waals surface area contributed by atoms with Crippen molar-refractivity contribution < 1.29 is 14.3 Å². The van der Waals surface area contributed by atoms with E-state index in [0.29, 0.717) is 38.1 Å². The number of nitrogens with zero attached hydrogens (tertiary/aromatic N) is 1. The van der Waals surface area contributed by atoms with Crippen molar-refractivity contribution in [1.29, 1.82) is 0 Å². The number of likely N-dealkylation sites (tertiary alicyclic amines) is 1. The normalized spacial score (nSPS) is 16.0. The second-order valence-corrected chi connectivity index (χ2v) is 5.60. The lowest BCUT2D eigenvalue weighted by molar-refractivity contribution is -0.149. The van der Waals surface area contributed by atoms with Gasteiger partial charge >= 0.3 is 5.97 Å². The molecule has 1 aliphatic rings. The van der Waals surface area contributed by atoms with Crippen molar-refractivity contribution in [2.24, 2.45) is 5.92 Å². The second-order valence-electron chi connectivity index (χ2n) is 5.60. The van der Waals surface area contributed by atoms with Crippen LogP contribution in [-0.2, 0) is 9.53 Å². The number of amides is 1. The molecule has 2 heterocycles. The maximum absolute atomic E-state index is 12.6. The molecule has 5 heteroatoms. The van der Waals surface area contributed by atoms with Crippen LogP contribution in [-0.4, -0.2) is 41.5 Å². The summed E-state index contributed by atoms with van der Waals surface area (Å²) in [5.74, 6) is -0.176. The third-order valence-corrected chi connectivity index (χ3v) is 4.20. The fourth-order valence-corrected chi connectivity index (χ4v) is 2.95. The molecule has 0 radical (unpaired) electrons. The molecule has 1 aromatic heterocycles. The molecular weight excluding hydrogens is 280 g/mol. The number of hydrogen-bond donors (Lipinski definition) is 1. The van der Waals surface area contributed by atoms with E-state index < -0.39 is 0 Å². The molecule has 0 bridgehead atoms. The first-order valence-electron chi connectivity index (χ1n) is 7.72. The molecule has 3 rings (SSSR count). The molecule has 0 spiro atoms. The summed E-state index contributed by atoms with van der Waals surface area (Å²) in [6.07, 6.45) is 3.22. The van der Waals surface area contributed by atoms with Crippen LogP contribution in [0.15, 0.2) is 30.5 Å². The van der Waals surface area contributed by atoms with E-state index in [-0.39, 0.29) is 17.8 Å². The molecule has 2 aromatic rings. The third-order valence-electron chi connectivity index (χ3n) is 4.20. The first-order chi connectivity index (χ1) is 10.7. The van der Waals surface area contributed by atoms with Gasteiger partial charge in [-0.05, 0) is 44.0 Å². The van der Waals surface area contributed by atoms with E-state index in [4.69, 9.17) is 4.74 Å². The topological polar surface area (TPSA) is 62.4 Å². The summed E-state index contributed by atoms with van der Waals surface area (Å²) in [5.41, 5.74) is 1.72. The van der Waals surface area contributed by atoms with Gasteiger partial charge in [-0.25, -0.2) is 0 Å². The van der Waals surface area contributed by atoms with E-state index in [1.165, 1.54) is 0 Å². The quantitative estimate of drug-likeness (QED) is 0.886. The van der Waals surface area contributed by atoms with E-state index in [2.05, 4.69) is 4.98 Å². The largest absolute Gasteiger partial charge is 0.466 e. The lowest BCUT2D eigenvalue weighted by atomic mass is 9.96. The minimum Gasteiger partial charge on any atom is -0.466 e. The number of carbonyl (C=O) groups is 2. The Morgan fingerprint density at radius 1 is 1.27 bits per heavy atom. The van der Waals surface area contributed by atoms with Crippen LogP contribution in [0.4, 0.5) is 0 Å². The van der Waals surface area contributed by atoms with E-state index in [0.717, 1.165) is 10.9 Å². The lowest BCUT2D eigenvalue weighted by Crippen LogP contribution is -2.40. The minimum absolute atomic E-state index is 0.0328. The number of hydrogen-bond acceptors (Lipinski definition) is 3. The van der Waals surface area contributed by atoms with Gasteiger partial charge in [-0.2, -0.15) is 0 Å². The Labute approximate surface area is 129 Å². The maximum Gasteiger partial charge on any atom is 0.309 e. The Morgan fingerprint density at radius 3 is 2.77 bits per heavy atom. The van der Waals surface area contributed by atoms with Gasteiger partial charge in [-0.15, -0.1) is 0 Å². The Bertz CT molecular complexity index is 684. The van der Waals surface area contributed by atoms with Crippen molar-refractivity contribution in [2.45, 2.75) is 19.8 Å². The molecule has 0 atom stereocenters. The van der Waals surface area contributed by atoms with Gasteiger partial charge in [0, 0.05) is 35.8 Å². The van der Waals surface area contributed by atoms with Crippen molar-refractivity contribution in [3.63, 3.8) is 0 Å². The molecular formula is C17H20N2O3. The smallest absolute Gasteiger partial charge is 0.309 e. The summed E-state index contributed by atoms with van der Waals surface area (Å²) >= 11 is 0. The highest BCUT2D eigenvalue weighted by Gasteiger charge is 2.28. The number of ether oxygens (including phenoxy) is 1. The lowest BCUT2D eigenvalue weighted by Gasteiger charge is -2.31. The zero-order chi connectivity index (χ0) is 15.5. The van der Waals surface area contributed by atoms with Crippen molar-refractivity contribution in [2.75, 3.05) is 19.7 Å². The standard InChI is InChI=1S/C17H20N2O3/c1-2-22-17(21)12-6-9-19(10-7-12)16(20)14-3-4-15-13(11-14)5-8-18-15/h3-5,8,11-12,18H,2,6-7,9-10H2,1H3. The zero-order valence-electron chi connectivity index (χ0n) is 12.7. The van der Waals surface area contributed by atoms with Gasteiger partial charge in [0.2, 0.25) is 0 Å². The first-order valence-corrected chi connectivity index (χ1v) is 7.72. The molecule has 1 aliphatic heterocycles. The van der Waals surface area contributed by atoms with Crippen LogP contribution in [0, 0.1) is 5.92 Å². The maximum atomic E-state index is 12.6. The van der Waals surface area contributed by atoms with Crippen molar-refractivity contribution in [3.05, 3.63) is 36.0 Å². The molecule has 22 heavy (non-hydrogen) atoms. The van der Waals surface area contributed by atoms with E-state index >= 15 is 0 Å². The summed E-state index contributed by atoms with van der Waals surface area (Å²) in [4.78, 5) is 29.2. The first kappa shape index (κ1) is 14.6. The Hall–Kier alpha value is -2.30. The molecule has 0 saturated carbocycles. The SMILES string of the molecule is CCOC(=O)C1CCN(C(=O)c2ccc3[nH]ccc3c2)CC1. The minimum atomic E-state index is -0.136. The molecule has 5 nitrogen and oxygen atoms in total. The summed E-state index contributed by atoms with van der Waals surface area (Å²) in [6, 6.07) is 7.64. The fourth-order valence-electron chi connectivity index (χ4n) is 2.95. The average molecular weight is 300 g/mol. The van der Waals surface area contributed by atoms with E-state index in [9.17, 15) is 9.59 Å². The molecule has 0 unspecified atom stereocenters.